The maximum absolute atomic E-state index is 12.7. The lowest BCUT2D eigenvalue weighted by atomic mass is 9.84. The summed E-state index contributed by atoms with van der Waals surface area (Å²) in [5.41, 5.74) is 8.47. The van der Waals surface area contributed by atoms with Gasteiger partial charge < -0.3 is 10.5 Å². The summed E-state index contributed by atoms with van der Waals surface area (Å²) in [6, 6.07) is 0. The number of nitrogens with two attached hydrogens (primary N) is 1. The molecule has 138 valence electrons. The Morgan fingerprint density at radius 3 is 2.78 bits per heavy atom. The molecule has 1 aliphatic carbocycles. The first-order valence-electron chi connectivity index (χ1n) is 8.55. The summed E-state index contributed by atoms with van der Waals surface area (Å²) in [6.45, 7) is 3.66. The number of anilines is 1. The smallest absolute Gasteiger partial charge is 0.238 e. The van der Waals surface area contributed by atoms with E-state index in [2.05, 4.69) is 24.9 Å². The van der Waals surface area contributed by atoms with Gasteiger partial charge in [-0.1, -0.05) is 0 Å². The molecule has 3 heterocycles. The van der Waals surface area contributed by atoms with Crippen molar-refractivity contribution in [2.24, 2.45) is 0 Å². The number of nitrogens with zero attached hydrogens (tertiary/aromatic N) is 6. The number of aromatic nitrogens is 6. The third-order valence-electron chi connectivity index (χ3n) is 4.69. The number of Topliss-reactive ketones (excluding diaryl/α,β-unsaturated/α-hetero) is 1. The quantitative estimate of drug-likeness (QED) is 0.742. The first kappa shape index (κ1) is 17.1. The van der Waals surface area contributed by atoms with Gasteiger partial charge in [-0.05, 0) is 13.8 Å². The number of ether oxygens (including phenoxy) is 1. The van der Waals surface area contributed by atoms with Gasteiger partial charge in [0.15, 0.2) is 5.78 Å². The zero-order chi connectivity index (χ0) is 19.1. The molecule has 0 spiro atoms. The summed E-state index contributed by atoms with van der Waals surface area (Å²) in [5.74, 6) is 1.67. The van der Waals surface area contributed by atoms with Gasteiger partial charge in [-0.15, -0.1) is 0 Å². The molecular weight excluding hydrogens is 346 g/mol. The molecule has 0 fully saturated rings. The summed E-state index contributed by atoms with van der Waals surface area (Å²) in [5, 5.41) is 0. The molecule has 0 amide bonds. The highest BCUT2D eigenvalue weighted by Crippen LogP contribution is 2.33. The Kier molecular flexibility index (Phi) is 4.06. The van der Waals surface area contributed by atoms with Gasteiger partial charge in [-0.2, -0.15) is 4.98 Å². The van der Waals surface area contributed by atoms with Gasteiger partial charge in [0.2, 0.25) is 17.8 Å². The fourth-order valence-corrected chi connectivity index (χ4v) is 3.51. The van der Waals surface area contributed by atoms with E-state index in [0.717, 1.165) is 5.56 Å². The normalized spacial score (nSPS) is 16.3. The van der Waals surface area contributed by atoms with Crippen LogP contribution in [0, 0.1) is 13.8 Å². The topological polar surface area (TPSA) is 122 Å². The van der Waals surface area contributed by atoms with Crippen LogP contribution in [0.4, 0.5) is 5.95 Å². The van der Waals surface area contributed by atoms with E-state index < -0.39 is 0 Å². The van der Waals surface area contributed by atoms with Crippen LogP contribution in [0.5, 0.6) is 5.88 Å². The van der Waals surface area contributed by atoms with E-state index in [9.17, 15) is 4.79 Å². The summed E-state index contributed by atoms with van der Waals surface area (Å²) >= 11 is 0. The van der Waals surface area contributed by atoms with E-state index in [-0.39, 0.29) is 17.6 Å². The fourth-order valence-electron chi connectivity index (χ4n) is 3.51. The molecule has 2 N–H and O–H groups in total. The lowest BCUT2D eigenvalue weighted by Gasteiger charge is -2.24. The van der Waals surface area contributed by atoms with Crippen molar-refractivity contribution < 1.29 is 9.53 Å². The van der Waals surface area contributed by atoms with Crippen LogP contribution in [-0.2, 0) is 6.42 Å². The van der Waals surface area contributed by atoms with E-state index in [1.165, 1.54) is 0 Å². The standard InChI is InChI=1S/C18H19N7O2/c1-9-8-21-18(24-16(9)27-3)25-5-4-20-15(25)11-6-12-14(13(26)7-11)10(2)22-17(19)23-12/h4-5,8,11H,6-7H2,1-3H3,(H2,19,22,23)/t11-/m1/s1. The highest BCUT2D eigenvalue weighted by atomic mass is 16.5. The molecule has 0 bridgehead atoms. The van der Waals surface area contributed by atoms with Gasteiger partial charge in [0.1, 0.15) is 5.82 Å². The number of carbonyl (C=O) groups excluding carboxylic acids is 1. The van der Waals surface area contributed by atoms with Gasteiger partial charge in [-0.25, -0.2) is 19.9 Å². The molecule has 0 aliphatic heterocycles. The summed E-state index contributed by atoms with van der Waals surface area (Å²) in [7, 11) is 1.57. The molecule has 4 rings (SSSR count). The zero-order valence-electron chi connectivity index (χ0n) is 15.3. The summed E-state index contributed by atoms with van der Waals surface area (Å²) in [6.07, 6.45) is 6.02. The van der Waals surface area contributed by atoms with Crippen LogP contribution in [0.2, 0.25) is 0 Å². The molecule has 27 heavy (non-hydrogen) atoms. The maximum Gasteiger partial charge on any atom is 0.238 e. The molecule has 0 saturated heterocycles. The van der Waals surface area contributed by atoms with E-state index in [1.54, 1.807) is 37.2 Å². The number of ketones is 1. The number of nitrogen functional groups attached to an aromatic ring is 1. The second-order valence-electron chi connectivity index (χ2n) is 6.53. The molecule has 1 aliphatic rings. The molecule has 3 aromatic heterocycles. The first-order valence-corrected chi connectivity index (χ1v) is 8.55. The number of hydrogen-bond donors (Lipinski definition) is 1. The highest BCUT2D eigenvalue weighted by Gasteiger charge is 2.32. The van der Waals surface area contributed by atoms with Crippen molar-refractivity contribution >= 4 is 11.7 Å². The van der Waals surface area contributed by atoms with Crippen molar-refractivity contribution in [1.82, 2.24) is 29.5 Å². The SMILES string of the molecule is COc1nc(-n2ccnc2[C@H]2CC(=O)c3c(C)nc(N)nc3C2)ncc1C. The van der Waals surface area contributed by atoms with E-state index in [4.69, 9.17) is 10.5 Å². The molecule has 9 nitrogen and oxygen atoms in total. The van der Waals surface area contributed by atoms with Crippen molar-refractivity contribution in [1.29, 1.82) is 0 Å². The minimum absolute atomic E-state index is 0.00398. The average molecular weight is 365 g/mol. The molecule has 9 heteroatoms. The van der Waals surface area contributed by atoms with Crippen molar-refractivity contribution in [2.45, 2.75) is 32.6 Å². The number of hydrogen-bond acceptors (Lipinski definition) is 8. The third kappa shape index (κ3) is 2.90. The van der Waals surface area contributed by atoms with Crippen LogP contribution in [0.3, 0.4) is 0 Å². The average Bonchev–Trinajstić information content (AvgIpc) is 3.11. The van der Waals surface area contributed by atoms with Crippen molar-refractivity contribution in [3.63, 3.8) is 0 Å². The molecule has 0 aromatic carbocycles. The van der Waals surface area contributed by atoms with Crippen molar-refractivity contribution in [3.05, 3.63) is 46.9 Å². The molecule has 0 saturated carbocycles. The Bertz CT molecular complexity index is 1040. The van der Waals surface area contributed by atoms with E-state index in [1.807, 2.05) is 6.92 Å². The second-order valence-corrected chi connectivity index (χ2v) is 6.53. The Balaban J connectivity index is 1.74. The number of fused-ring (bicyclic) bond motifs is 1. The molecule has 0 radical (unpaired) electrons. The summed E-state index contributed by atoms with van der Waals surface area (Å²) < 4.78 is 7.07. The molecule has 0 unspecified atom stereocenters. The number of aryl methyl sites for hydroxylation is 2. The monoisotopic (exact) mass is 365 g/mol. The number of imidazole rings is 1. The van der Waals surface area contributed by atoms with E-state index >= 15 is 0 Å². The Morgan fingerprint density at radius 1 is 1.19 bits per heavy atom. The number of rotatable bonds is 3. The fraction of sp³-hybridized carbons (Fsp3) is 0.333. The molecular formula is C18H19N7O2. The van der Waals surface area contributed by atoms with E-state index in [0.29, 0.717) is 47.4 Å². The van der Waals surface area contributed by atoms with Gasteiger partial charge in [0, 0.05) is 42.9 Å². The maximum atomic E-state index is 12.7. The highest BCUT2D eigenvalue weighted by molar-refractivity contribution is 5.99. The van der Waals surface area contributed by atoms with Crippen LogP contribution in [0.15, 0.2) is 18.6 Å². The van der Waals surface area contributed by atoms with Gasteiger partial charge in [0.05, 0.1) is 24.1 Å². The van der Waals surface area contributed by atoms with Crippen LogP contribution in [0.25, 0.3) is 5.95 Å². The lowest BCUT2D eigenvalue weighted by Crippen LogP contribution is -2.25. The van der Waals surface area contributed by atoms with Gasteiger partial charge in [-0.3, -0.25) is 9.36 Å². The minimum Gasteiger partial charge on any atom is -0.481 e. The van der Waals surface area contributed by atoms with Crippen LogP contribution in [0.1, 0.15) is 45.5 Å². The zero-order valence-corrected chi connectivity index (χ0v) is 15.3. The minimum atomic E-state index is -0.149. The largest absolute Gasteiger partial charge is 0.481 e. The lowest BCUT2D eigenvalue weighted by molar-refractivity contribution is 0.0960. The van der Waals surface area contributed by atoms with Gasteiger partial charge in [0.25, 0.3) is 0 Å². The Morgan fingerprint density at radius 2 is 2.00 bits per heavy atom. The van der Waals surface area contributed by atoms with Crippen molar-refractivity contribution in [2.75, 3.05) is 12.8 Å². The van der Waals surface area contributed by atoms with Crippen LogP contribution < -0.4 is 10.5 Å². The van der Waals surface area contributed by atoms with Crippen molar-refractivity contribution in [3.8, 4) is 11.8 Å². The van der Waals surface area contributed by atoms with Crippen LogP contribution in [-0.4, -0.2) is 42.4 Å². The van der Waals surface area contributed by atoms with Gasteiger partial charge >= 0.3 is 0 Å². The second kappa shape index (κ2) is 6.42. The first-order chi connectivity index (χ1) is 13.0. The number of methoxy groups -OCH3 is 1. The predicted molar refractivity (Wildman–Crippen MR) is 97.0 cm³/mol. The third-order valence-corrected chi connectivity index (χ3v) is 4.69. The molecule has 3 aromatic rings. The Hall–Kier alpha value is -3.36. The predicted octanol–water partition coefficient (Wildman–Crippen LogP) is 1.57. The molecule has 1 atom stereocenters. The van der Waals surface area contributed by atoms with Crippen LogP contribution >= 0.6 is 0 Å². The Labute approximate surface area is 155 Å². The summed E-state index contributed by atoms with van der Waals surface area (Å²) in [4.78, 5) is 34.4. The number of carbonyl (C=O) groups is 1.